The predicted molar refractivity (Wildman–Crippen MR) is 226 cm³/mol. The van der Waals surface area contributed by atoms with Gasteiger partial charge in [0, 0.05) is 26.6 Å². The summed E-state index contributed by atoms with van der Waals surface area (Å²) < 4.78 is 11.5. The average Bonchev–Trinajstić information content (AvgIpc) is 3.64. The van der Waals surface area contributed by atoms with Gasteiger partial charge in [0.05, 0.1) is 31.6 Å². The minimum absolute atomic E-state index is 0.0584. The van der Waals surface area contributed by atoms with Crippen LogP contribution in [0.25, 0.3) is 0 Å². The van der Waals surface area contributed by atoms with Gasteiger partial charge in [-0.05, 0) is 18.8 Å². The van der Waals surface area contributed by atoms with E-state index in [0.29, 0.717) is 6.42 Å². The molecule has 10 nitrogen and oxygen atoms in total. The van der Waals surface area contributed by atoms with Crippen LogP contribution in [0, 0.1) is 11.8 Å². The van der Waals surface area contributed by atoms with E-state index in [9.17, 15) is 30.6 Å². The third-order valence-corrected chi connectivity index (χ3v) is 16.6. The van der Waals surface area contributed by atoms with E-state index in [1.54, 1.807) is 0 Å². The molecule has 0 spiro atoms. The maximum absolute atomic E-state index is 11.5. The number of hydrogen-bond donors (Lipinski definition) is 8. The fourth-order valence-electron chi connectivity index (χ4n) is 9.19. The molecule has 0 saturated carbocycles. The van der Waals surface area contributed by atoms with Gasteiger partial charge in [0.25, 0.3) is 0 Å². The zero-order valence-corrected chi connectivity index (χ0v) is 36.6. The van der Waals surface area contributed by atoms with Crippen molar-refractivity contribution in [3.8, 4) is 0 Å². The van der Waals surface area contributed by atoms with E-state index in [4.69, 9.17) is 9.47 Å². The standard InChI is InChI=1S/C44H88N2O8Si/c1-4-5-6-7-8-9-10-11-12-17-20-23-26-37(48)39(49)36(33-53-44-42(52)41(51)40(50)38(32-47)54-44)43-45-31-35(46-43)25-22-19-16-14-13-15-18-21-24-34-27-29-55(2,3)30-28-34/h34-52H,4-33H2,1-3H3/t35?,36-,37+,38?,39-,40?,41?,42?,43?,44?/m0/s1. The molecule has 55 heavy (non-hydrogen) atoms. The van der Waals surface area contributed by atoms with E-state index >= 15 is 0 Å². The molecule has 0 aromatic rings. The van der Waals surface area contributed by atoms with Gasteiger partial charge in [0.15, 0.2) is 6.29 Å². The summed E-state index contributed by atoms with van der Waals surface area (Å²) >= 11 is 0. The molecule has 3 aliphatic heterocycles. The molecule has 0 radical (unpaired) electrons. The molecule has 0 aromatic carbocycles. The van der Waals surface area contributed by atoms with Crippen LogP contribution in [-0.2, 0) is 9.47 Å². The summed E-state index contributed by atoms with van der Waals surface area (Å²) in [4.78, 5) is 0. The Morgan fingerprint density at radius 2 is 1.22 bits per heavy atom. The van der Waals surface area contributed by atoms with Crippen LogP contribution < -0.4 is 10.6 Å². The smallest absolute Gasteiger partial charge is 0.186 e. The summed E-state index contributed by atoms with van der Waals surface area (Å²) in [6.45, 7) is 7.53. The molecule has 3 aliphatic rings. The Hall–Kier alpha value is -0.183. The van der Waals surface area contributed by atoms with Gasteiger partial charge in [-0.2, -0.15) is 0 Å². The maximum Gasteiger partial charge on any atom is 0.186 e. The Balaban J connectivity index is 1.35. The van der Waals surface area contributed by atoms with E-state index in [1.807, 2.05) is 0 Å². The van der Waals surface area contributed by atoms with Crippen LogP contribution in [0.1, 0.15) is 167 Å². The molecule has 0 amide bonds. The molecule has 8 N–H and O–H groups in total. The SMILES string of the molecule is CCCCCCCCCCCCCC[C@@H](O)[C@@H](O)[C@H](COC1OC(CO)C(O)C(O)C1O)C1NCC(CCCCCCCCCCC2CC[Si](C)(C)CC2)N1. The maximum atomic E-state index is 11.5. The Labute approximate surface area is 337 Å². The highest BCUT2D eigenvalue weighted by Gasteiger charge is 2.45. The molecule has 3 rings (SSSR count). The molecular weight excluding hydrogens is 713 g/mol. The lowest BCUT2D eigenvalue weighted by molar-refractivity contribution is -0.305. The molecule has 0 aromatic heterocycles. The van der Waals surface area contributed by atoms with Crippen molar-refractivity contribution in [2.75, 3.05) is 19.8 Å². The lowest BCUT2D eigenvalue weighted by atomic mass is 9.92. The second kappa shape index (κ2) is 28.3. The first kappa shape index (κ1) is 49.2. The van der Waals surface area contributed by atoms with Crippen molar-refractivity contribution in [2.24, 2.45) is 11.8 Å². The van der Waals surface area contributed by atoms with E-state index in [0.717, 1.165) is 44.6 Å². The van der Waals surface area contributed by atoms with Crippen LogP contribution in [0.5, 0.6) is 0 Å². The summed E-state index contributed by atoms with van der Waals surface area (Å²) in [6, 6.07) is 3.32. The van der Waals surface area contributed by atoms with E-state index in [2.05, 4.69) is 30.7 Å². The molecule has 3 heterocycles. The molecular formula is C44H88N2O8Si. The number of nitrogens with one attached hydrogen (secondary N) is 2. The summed E-state index contributed by atoms with van der Waals surface area (Å²) in [5.74, 6) is 0.443. The Morgan fingerprint density at radius 1 is 0.691 bits per heavy atom. The van der Waals surface area contributed by atoms with Gasteiger partial charge >= 0.3 is 0 Å². The van der Waals surface area contributed by atoms with Crippen molar-refractivity contribution in [1.82, 2.24) is 10.6 Å². The highest BCUT2D eigenvalue weighted by atomic mass is 28.3. The second-order valence-corrected chi connectivity index (χ2v) is 24.0. The number of ether oxygens (including phenoxy) is 2. The van der Waals surface area contributed by atoms with Gasteiger partial charge in [0.1, 0.15) is 24.4 Å². The summed E-state index contributed by atoms with van der Waals surface area (Å²) in [5, 5.41) is 70.4. The predicted octanol–water partition coefficient (Wildman–Crippen LogP) is 7.14. The van der Waals surface area contributed by atoms with Gasteiger partial charge in [0.2, 0.25) is 0 Å². The van der Waals surface area contributed by atoms with E-state index < -0.39 is 63.5 Å². The van der Waals surface area contributed by atoms with Crippen LogP contribution >= 0.6 is 0 Å². The first-order chi connectivity index (χ1) is 26.6. The van der Waals surface area contributed by atoms with Crippen LogP contribution in [0.3, 0.4) is 0 Å². The summed E-state index contributed by atoms with van der Waals surface area (Å²) in [5.41, 5.74) is 0. The monoisotopic (exact) mass is 801 g/mol. The van der Waals surface area contributed by atoms with Gasteiger partial charge in [-0.15, -0.1) is 0 Å². The summed E-state index contributed by atoms with van der Waals surface area (Å²) in [6.07, 6.45) is 21.9. The largest absolute Gasteiger partial charge is 0.394 e. The van der Waals surface area contributed by atoms with Crippen molar-refractivity contribution >= 4 is 8.07 Å². The number of rotatable bonds is 31. The third kappa shape index (κ3) is 19.2. The molecule has 0 bridgehead atoms. The quantitative estimate of drug-likeness (QED) is 0.0267. The van der Waals surface area contributed by atoms with E-state index in [1.165, 1.54) is 134 Å². The number of hydrogen-bond acceptors (Lipinski definition) is 10. The average molecular weight is 801 g/mol. The Bertz CT molecular complexity index is 939. The lowest BCUT2D eigenvalue weighted by Crippen LogP contribution is -2.60. The molecule has 3 fully saturated rings. The fourth-order valence-corrected chi connectivity index (χ4v) is 11.8. The van der Waals surface area contributed by atoms with Crippen molar-refractivity contribution < 1.29 is 40.1 Å². The van der Waals surface area contributed by atoms with Gasteiger partial charge < -0.3 is 40.1 Å². The molecule has 10 atom stereocenters. The summed E-state index contributed by atoms with van der Waals surface area (Å²) in [7, 11) is -0.830. The van der Waals surface area contributed by atoms with Gasteiger partial charge in [-0.1, -0.05) is 180 Å². The minimum atomic E-state index is -1.54. The molecule has 7 unspecified atom stereocenters. The fraction of sp³-hybridized carbons (Fsp3) is 1.00. The zero-order chi connectivity index (χ0) is 39.9. The highest BCUT2D eigenvalue weighted by molar-refractivity contribution is 6.77. The van der Waals surface area contributed by atoms with Crippen LogP contribution in [0.4, 0.5) is 0 Å². The minimum Gasteiger partial charge on any atom is -0.394 e. The third-order valence-electron chi connectivity index (χ3n) is 13.3. The second-order valence-electron chi connectivity index (χ2n) is 18.7. The number of unbranched alkanes of at least 4 members (excludes halogenated alkanes) is 18. The van der Waals surface area contributed by atoms with Gasteiger partial charge in [-0.3, -0.25) is 10.6 Å². The van der Waals surface area contributed by atoms with E-state index in [-0.39, 0.29) is 18.8 Å². The van der Waals surface area contributed by atoms with Crippen LogP contribution in [-0.4, -0.2) is 114 Å². The van der Waals surface area contributed by atoms with Crippen molar-refractivity contribution in [3.05, 3.63) is 0 Å². The van der Waals surface area contributed by atoms with Crippen molar-refractivity contribution in [1.29, 1.82) is 0 Å². The molecule has 3 saturated heterocycles. The molecule has 0 aliphatic carbocycles. The van der Waals surface area contributed by atoms with Gasteiger partial charge in [-0.25, -0.2) is 0 Å². The van der Waals surface area contributed by atoms with Crippen LogP contribution in [0.15, 0.2) is 0 Å². The first-order valence-electron chi connectivity index (χ1n) is 23.3. The Kier molecular flexibility index (Phi) is 25.3. The first-order valence-corrected chi connectivity index (χ1v) is 26.8. The molecule has 326 valence electrons. The number of aliphatic hydroxyl groups excluding tert-OH is 6. The van der Waals surface area contributed by atoms with Crippen molar-refractivity contribution in [2.45, 2.75) is 248 Å². The van der Waals surface area contributed by atoms with Crippen LogP contribution in [0.2, 0.25) is 25.2 Å². The normalized spacial score (nSPS) is 29.1. The van der Waals surface area contributed by atoms with Crippen molar-refractivity contribution in [3.63, 3.8) is 0 Å². The lowest BCUT2D eigenvalue weighted by Gasteiger charge is -2.40. The highest BCUT2D eigenvalue weighted by Crippen LogP contribution is 2.35. The molecule has 11 heteroatoms. The topological polar surface area (TPSA) is 164 Å². The Morgan fingerprint density at radius 3 is 1.78 bits per heavy atom. The zero-order valence-electron chi connectivity index (χ0n) is 35.6. The number of aliphatic hydroxyl groups is 6.